The summed E-state index contributed by atoms with van der Waals surface area (Å²) in [6.07, 6.45) is 2.21. The van der Waals surface area contributed by atoms with Crippen molar-refractivity contribution in [2.75, 3.05) is 39.9 Å². The minimum Gasteiger partial charge on any atom is -0.496 e. The van der Waals surface area contributed by atoms with Crippen molar-refractivity contribution in [2.24, 2.45) is 5.92 Å². The van der Waals surface area contributed by atoms with E-state index in [2.05, 4.69) is 10.2 Å². The van der Waals surface area contributed by atoms with E-state index in [1.807, 2.05) is 48.5 Å². The molecule has 1 aliphatic rings. The first-order chi connectivity index (χ1) is 13.2. The monoisotopic (exact) mass is 368 g/mol. The lowest BCUT2D eigenvalue weighted by molar-refractivity contribution is 0.0930. The van der Waals surface area contributed by atoms with Gasteiger partial charge in [0.1, 0.15) is 5.75 Å². The predicted octanol–water partition coefficient (Wildman–Crippen LogP) is 2.80. The number of amides is 1. The second-order valence-corrected chi connectivity index (χ2v) is 7.02. The Bertz CT molecular complexity index is 745. The second kappa shape index (κ2) is 9.53. The molecule has 0 saturated carbocycles. The summed E-state index contributed by atoms with van der Waals surface area (Å²) < 4.78 is 5.40. The van der Waals surface area contributed by atoms with Gasteiger partial charge in [-0.1, -0.05) is 30.3 Å². The van der Waals surface area contributed by atoms with Gasteiger partial charge in [-0.2, -0.15) is 0 Å². The molecule has 5 nitrogen and oxygen atoms in total. The number of aliphatic hydroxyl groups is 1. The molecule has 27 heavy (non-hydrogen) atoms. The molecule has 2 N–H and O–H groups in total. The Hall–Kier alpha value is -2.37. The number of benzene rings is 2. The van der Waals surface area contributed by atoms with Crippen molar-refractivity contribution in [3.63, 3.8) is 0 Å². The summed E-state index contributed by atoms with van der Waals surface area (Å²) in [5, 5.41) is 12.3. The summed E-state index contributed by atoms with van der Waals surface area (Å²) in [4.78, 5) is 14.7. The maximum Gasteiger partial charge on any atom is 0.251 e. The van der Waals surface area contributed by atoms with E-state index in [4.69, 9.17) is 4.74 Å². The average molecular weight is 368 g/mol. The Kier molecular flexibility index (Phi) is 6.85. The van der Waals surface area contributed by atoms with Crippen LogP contribution in [0.25, 0.3) is 11.1 Å². The molecule has 0 aromatic heterocycles. The van der Waals surface area contributed by atoms with Gasteiger partial charge < -0.3 is 20.1 Å². The number of piperidine rings is 1. The largest absolute Gasteiger partial charge is 0.496 e. The SMILES string of the molecule is COc1ccccc1-c1ccc(C(=O)NCCN2CCCC(CO)C2)cc1. The number of ether oxygens (including phenoxy) is 1. The second-order valence-electron chi connectivity index (χ2n) is 7.02. The number of hydrogen-bond acceptors (Lipinski definition) is 4. The Morgan fingerprint density at radius 3 is 2.74 bits per heavy atom. The van der Waals surface area contributed by atoms with Gasteiger partial charge in [0.2, 0.25) is 0 Å². The Morgan fingerprint density at radius 1 is 1.22 bits per heavy atom. The number of likely N-dealkylation sites (tertiary alicyclic amines) is 1. The van der Waals surface area contributed by atoms with Gasteiger partial charge in [-0.3, -0.25) is 4.79 Å². The summed E-state index contributed by atoms with van der Waals surface area (Å²) in [5.41, 5.74) is 2.68. The minimum atomic E-state index is -0.0581. The molecule has 1 aliphatic heterocycles. The van der Waals surface area contributed by atoms with Crippen molar-refractivity contribution in [3.8, 4) is 16.9 Å². The van der Waals surface area contributed by atoms with E-state index in [-0.39, 0.29) is 12.5 Å². The first kappa shape index (κ1) is 19.4. The van der Waals surface area contributed by atoms with Crippen LogP contribution in [0, 0.1) is 5.92 Å². The van der Waals surface area contributed by atoms with Gasteiger partial charge in [0.05, 0.1) is 7.11 Å². The van der Waals surface area contributed by atoms with E-state index < -0.39 is 0 Å². The van der Waals surface area contributed by atoms with Crippen LogP contribution in [0.4, 0.5) is 0 Å². The lowest BCUT2D eigenvalue weighted by atomic mass is 9.99. The zero-order valence-corrected chi connectivity index (χ0v) is 15.9. The van der Waals surface area contributed by atoms with Crippen LogP contribution in [0.5, 0.6) is 5.75 Å². The first-order valence-electron chi connectivity index (χ1n) is 9.56. The molecule has 1 amide bonds. The molecule has 0 bridgehead atoms. The molecule has 1 fully saturated rings. The fourth-order valence-electron chi connectivity index (χ4n) is 3.62. The summed E-state index contributed by atoms with van der Waals surface area (Å²) in [5.74, 6) is 1.13. The van der Waals surface area contributed by atoms with Crippen LogP contribution in [-0.2, 0) is 0 Å². The van der Waals surface area contributed by atoms with Crippen LogP contribution < -0.4 is 10.1 Å². The van der Waals surface area contributed by atoms with Crippen molar-refractivity contribution in [1.29, 1.82) is 0 Å². The molecule has 0 spiro atoms. The van der Waals surface area contributed by atoms with E-state index in [9.17, 15) is 9.90 Å². The number of carbonyl (C=O) groups excluding carboxylic acids is 1. The van der Waals surface area contributed by atoms with Crippen molar-refractivity contribution in [1.82, 2.24) is 10.2 Å². The molecular formula is C22H28N2O3. The first-order valence-corrected chi connectivity index (χ1v) is 9.56. The molecule has 1 heterocycles. The number of para-hydroxylation sites is 1. The predicted molar refractivity (Wildman–Crippen MR) is 107 cm³/mol. The highest BCUT2D eigenvalue weighted by Crippen LogP contribution is 2.29. The van der Waals surface area contributed by atoms with Crippen molar-refractivity contribution < 1.29 is 14.6 Å². The molecule has 0 radical (unpaired) electrons. The van der Waals surface area contributed by atoms with E-state index in [1.54, 1.807) is 7.11 Å². The van der Waals surface area contributed by atoms with Gasteiger partial charge in [0.15, 0.2) is 0 Å². The lowest BCUT2D eigenvalue weighted by Gasteiger charge is -2.31. The van der Waals surface area contributed by atoms with Gasteiger partial charge in [-0.15, -0.1) is 0 Å². The molecule has 1 saturated heterocycles. The van der Waals surface area contributed by atoms with E-state index in [1.165, 1.54) is 0 Å². The third kappa shape index (κ3) is 5.08. The lowest BCUT2D eigenvalue weighted by Crippen LogP contribution is -2.41. The summed E-state index contributed by atoms with van der Waals surface area (Å²) >= 11 is 0. The number of hydrogen-bond donors (Lipinski definition) is 2. The zero-order chi connectivity index (χ0) is 19.1. The Balaban J connectivity index is 1.53. The van der Waals surface area contributed by atoms with Crippen LogP contribution in [-0.4, -0.2) is 55.8 Å². The Labute approximate surface area is 161 Å². The molecule has 5 heteroatoms. The molecule has 0 aliphatic carbocycles. The third-order valence-corrected chi connectivity index (χ3v) is 5.14. The molecule has 2 aromatic carbocycles. The summed E-state index contributed by atoms with van der Waals surface area (Å²) in [7, 11) is 1.66. The van der Waals surface area contributed by atoms with Crippen LogP contribution >= 0.6 is 0 Å². The highest BCUT2D eigenvalue weighted by molar-refractivity contribution is 5.94. The average Bonchev–Trinajstić information content (AvgIpc) is 2.74. The number of rotatable bonds is 7. The molecule has 2 aromatic rings. The highest BCUT2D eigenvalue weighted by atomic mass is 16.5. The summed E-state index contributed by atoms with van der Waals surface area (Å²) in [6, 6.07) is 15.4. The minimum absolute atomic E-state index is 0.0581. The van der Waals surface area contributed by atoms with Gasteiger partial charge in [-0.05, 0) is 49.1 Å². The molecule has 3 rings (SSSR count). The highest BCUT2D eigenvalue weighted by Gasteiger charge is 2.18. The molecular weight excluding hydrogens is 340 g/mol. The maximum atomic E-state index is 12.4. The molecule has 144 valence electrons. The maximum absolute atomic E-state index is 12.4. The molecule has 1 atom stereocenters. The van der Waals surface area contributed by atoms with Crippen molar-refractivity contribution >= 4 is 5.91 Å². The van der Waals surface area contributed by atoms with E-state index in [0.29, 0.717) is 18.0 Å². The third-order valence-electron chi connectivity index (χ3n) is 5.14. The van der Waals surface area contributed by atoms with E-state index in [0.717, 1.165) is 49.4 Å². The fourth-order valence-corrected chi connectivity index (χ4v) is 3.62. The van der Waals surface area contributed by atoms with E-state index >= 15 is 0 Å². The normalized spacial score (nSPS) is 17.5. The van der Waals surface area contributed by atoms with Gasteiger partial charge in [0.25, 0.3) is 5.91 Å². The van der Waals surface area contributed by atoms with Crippen molar-refractivity contribution in [2.45, 2.75) is 12.8 Å². The number of aliphatic hydroxyl groups excluding tert-OH is 1. The Morgan fingerprint density at radius 2 is 2.00 bits per heavy atom. The van der Waals surface area contributed by atoms with Crippen LogP contribution in [0.2, 0.25) is 0 Å². The molecule has 1 unspecified atom stereocenters. The van der Waals surface area contributed by atoms with Gasteiger partial charge >= 0.3 is 0 Å². The van der Waals surface area contributed by atoms with Gasteiger partial charge in [-0.25, -0.2) is 0 Å². The summed E-state index contributed by atoms with van der Waals surface area (Å²) in [6.45, 7) is 3.65. The van der Waals surface area contributed by atoms with Crippen LogP contribution in [0.3, 0.4) is 0 Å². The van der Waals surface area contributed by atoms with Crippen LogP contribution in [0.1, 0.15) is 23.2 Å². The van der Waals surface area contributed by atoms with Crippen molar-refractivity contribution in [3.05, 3.63) is 54.1 Å². The standard InChI is InChI=1S/C22H28N2O3/c1-27-21-7-3-2-6-20(21)18-8-10-19(11-9-18)22(26)23-12-14-24-13-4-5-17(15-24)16-25/h2-3,6-11,17,25H,4-5,12-16H2,1H3,(H,23,26). The smallest absolute Gasteiger partial charge is 0.251 e. The topological polar surface area (TPSA) is 61.8 Å². The number of methoxy groups -OCH3 is 1. The number of nitrogens with one attached hydrogen (secondary N) is 1. The number of carbonyl (C=O) groups is 1. The fraction of sp³-hybridized carbons (Fsp3) is 0.409. The zero-order valence-electron chi connectivity index (χ0n) is 15.9. The van der Waals surface area contributed by atoms with Gasteiger partial charge in [0, 0.05) is 37.4 Å². The van der Waals surface area contributed by atoms with Crippen LogP contribution in [0.15, 0.2) is 48.5 Å². The quantitative estimate of drug-likeness (QED) is 0.789. The number of nitrogens with zero attached hydrogens (tertiary/aromatic N) is 1.